The van der Waals surface area contributed by atoms with Gasteiger partial charge in [0, 0.05) is 24.0 Å². The maximum atomic E-state index is 13.2. The summed E-state index contributed by atoms with van der Waals surface area (Å²) in [7, 11) is 0. The number of carbonyl (C=O) groups excluding carboxylic acids is 2. The normalized spacial score (nSPS) is 11.9. The quantitative estimate of drug-likeness (QED) is 0.345. The number of rotatable bonds is 7. The van der Waals surface area contributed by atoms with Gasteiger partial charge in [0.1, 0.15) is 0 Å². The van der Waals surface area contributed by atoms with Crippen molar-refractivity contribution in [1.82, 2.24) is 0 Å². The highest BCUT2D eigenvalue weighted by atomic mass is 16.1. The smallest absolute Gasteiger partial charge is 0.164 e. The van der Waals surface area contributed by atoms with Crippen molar-refractivity contribution >= 4 is 22.3 Å². The third-order valence-corrected chi connectivity index (χ3v) is 5.32. The molecule has 0 saturated carbocycles. The third kappa shape index (κ3) is 4.33. The first-order valence-electron chi connectivity index (χ1n) is 9.86. The maximum Gasteiger partial charge on any atom is 0.164 e. The van der Waals surface area contributed by atoms with Gasteiger partial charge in [0.15, 0.2) is 11.6 Å². The lowest BCUT2D eigenvalue weighted by Crippen LogP contribution is -2.13. The summed E-state index contributed by atoms with van der Waals surface area (Å²) in [6.45, 7) is 0. The van der Waals surface area contributed by atoms with E-state index in [2.05, 4.69) is 0 Å². The molecule has 2 heteroatoms. The fourth-order valence-electron chi connectivity index (χ4n) is 3.80. The fraction of sp³-hybridized carbons (Fsp3) is 0.111. The van der Waals surface area contributed by atoms with Crippen LogP contribution in [0, 0.1) is 0 Å². The molecule has 0 N–H and O–H groups in total. The minimum absolute atomic E-state index is 0.0603. The first-order valence-corrected chi connectivity index (χ1v) is 9.86. The lowest BCUT2D eigenvalue weighted by Gasteiger charge is -2.17. The van der Waals surface area contributed by atoms with Gasteiger partial charge in [-0.15, -0.1) is 0 Å². The van der Waals surface area contributed by atoms with Crippen molar-refractivity contribution in [2.24, 2.45) is 0 Å². The van der Waals surface area contributed by atoms with Crippen molar-refractivity contribution in [2.75, 3.05) is 0 Å². The number of benzene rings is 4. The Hall–Kier alpha value is -3.52. The number of ketones is 2. The number of fused-ring (bicyclic) bond motifs is 1. The first kappa shape index (κ1) is 18.8. The van der Waals surface area contributed by atoms with E-state index in [1.54, 1.807) is 0 Å². The van der Waals surface area contributed by atoms with Gasteiger partial charge in [-0.25, -0.2) is 0 Å². The zero-order valence-corrected chi connectivity index (χ0v) is 16.1. The molecule has 0 unspecified atom stereocenters. The molecule has 142 valence electrons. The lowest BCUT2D eigenvalue weighted by atomic mass is 9.85. The zero-order chi connectivity index (χ0) is 20.1. The molecule has 4 aromatic rings. The van der Waals surface area contributed by atoms with Crippen LogP contribution in [-0.2, 0) is 0 Å². The van der Waals surface area contributed by atoms with E-state index < -0.39 is 0 Å². The average molecular weight is 378 g/mol. The van der Waals surface area contributed by atoms with Gasteiger partial charge < -0.3 is 0 Å². The Kier molecular flexibility index (Phi) is 5.62. The molecule has 0 aromatic heterocycles. The Balaban J connectivity index is 1.63. The molecule has 0 aliphatic heterocycles. The molecule has 0 aliphatic carbocycles. The van der Waals surface area contributed by atoms with Crippen molar-refractivity contribution in [3.05, 3.63) is 120 Å². The van der Waals surface area contributed by atoms with Gasteiger partial charge >= 0.3 is 0 Å². The summed E-state index contributed by atoms with van der Waals surface area (Å²) in [6, 6.07) is 32.9. The second-order valence-electron chi connectivity index (χ2n) is 7.25. The minimum atomic E-state index is -0.157. The third-order valence-electron chi connectivity index (χ3n) is 5.32. The summed E-state index contributed by atoms with van der Waals surface area (Å²) < 4.78 is 0. The molecule has 4 aromatic carbocycles. The molecule has 0 amide bonds. The Morgan fingerprint density at radius 2 is 1.17 bits per heavy atom. The van der Waals surface area contributed by atoms with Crippen LogP contribution in [0.1, 0.15) is 45.0 Å². The molecule has 0 aliphatic rings. The molecular formula is C27H22O2. The molecule has 0 fully saturated rings. The van der Waals surface area contributed by atoms with Gasteiger partial charge in [0.2, 0.25) is 0 Å². The highest BCUT2D eigenvalue weighted by Gasteiger charge is 2.22. The van der Waals surface area contributed by atoms with Crippen molar-refractivity contribution in [3.63, 3.8) is 0 Å². The van der Waals surface area contributed by atoms with E-state index in [1.807, 2.05) is 103 Å². The Bertz CT molecular complexity index is 1130. The highest BCUT2D eigenvalue weighted by molar-refractivity contribution is 6.08. The summed E-state index contributed by atoms with van der Waals surface area (Å²) in [5, 5.41) is 2.01. The van der Waals surface area contributed by atoms with Crippen LogP contribution in [0.25, 0.3) is 10.8 Å². The maximum absolute atomic E-state index is 13.2. The molecule has 0 bridgehead atoms. The summed E-state index contributed by atoms with van der Waals surface area (Å²) in [6.07, 6.45) is 0.612. The van der Waals surface area contributed by atoms with E-state index in [9.17, 15) is 9.59 Å². The predicted molar refractivity (Wildman–Crippen MR) is 117 cm³/mol. The van der Waals surface area contributed by atoms with Crippen molar-refractivity contribution in [1.29, 1.82) is 0 Å². The van der Waals surface area contributed by atoms with Gasteiger partial charge in [-0.2, -0.15) is 0 Å². The molecule has 0 heterocycles. The summed E-state index contributed by atoms with van der Waals surface area (Å²) in [5.74, 6) is -0.0305. The van der Waals surface area contributed by atoms with Gasteiger partial charge in [-0.05, 0) is 22.3 Å². The molecule has 4 rings (SSSR count). The summed E-state index contributed by atoms with van der Waals surface area (Å²) in [5.41, 5.74) is 2.42. The molecule has 0 radical (unpaired) electrons. The monoisotopic (exact) mass is 378 g/mol. The Labute approximate surface area is 170 Å². The van der Waals surface area contributed by atoms with Crippen LogP contribution < -0.4 is 0 Å². The van der Waals surface area contributed by atoms with Gasteiger partial charge in [0.25, 0.3) is 0 Å². The second kappa shape index (κ2) is 8.66. The number of hydrogen-bond donors (Lipinski definition) is 0. The number of hydrogen-bond acceptors (Lipinski definition) is 2. The van der Waals surface area contributed by atoms with Crippen molar-refractivity contribution in [2.45, 2.75) is 18.8 Å². The standard InChI is InChI=1S/C27H22O2/c28-26(22-13-5-2-6-14-22)18-23(20-10-3-1-4-11-20)19-27(29)25-17-9-15-21-12-7-8-16-24(21)25/h1-17,23H,18-19H2/t23-/m0/s1. The second-order valence-corrected chi connectivity index (χ2v) is 7.25. The molecule has 29 heavy (non-hydrogen) atoms. The van der Waals surface area contributed by atoms with Crippen LogP contribution in [0.5, 0.6) is 0 Å². The molecular weight excluding hydrogens is 356 g/mol. The topological polar surface area (TPSA) is 34.1 Å². The molecule has 0 spiro atoms. The van der Waals surface area contributed by atoms with E-state index in [4.69, 9.17) is 0 Å². The van der Waals surface area contributed by atoms with Crippen molar-refractivity contribution < 1.29 is 9.59 Å². The van der Waals surface area contributed by atoms with Crippen LogP contribution in [0.2, 0.25) is 0 Å². The van der Waals surface area contributed by atoms with Crippen molar-refractivity contribution in [3.8, 4) is 0 Å². The van der Waals surface area contributed by atoms with Crippen LogP contribution in [0.4, 0.5) is 0 Å². The van der Waals surface area contributed by atoms with E-state index in [0.717, 1.165) is 21.9 Å². The van der Waals surface area contributed by atoms with Gasteiger partial charge in [-0.3, -0.25) is 9.59 Å². The van der Waals surface area contributed by atoms with E-state index >= 15 is 0 Å². The van der Waals surface area contributed by atoms with Gasteiger partial charge in [0.05, 0.1) is 0 Å². The SMILES string of the molecule is O=C(C[C@@H](CC(=O)c1cccc2ccccc12)c1ccccc1)c1ccccc1. The Morgan fingerprint density at radius 3 is 1.93 bits per heavy atom. The molecule has 1 atom stereocenters. The summed E-state index contributed by atoms with van der Waals surface area (Å²) in [4.78, 5) is 26.1. The fourth-order valence-corrected chi connectivity index (χ4v) is 3.80. The summed E-state index contributed by atoms with van der Waals surface area (Å²) >= 11 is 0. The minimum Gasteiger partial charge on any atom is -0.294 e. The van der Waals surface area contributed by atoms with Crippen LogP contribution in [0.3, 0.4) is 0 Å². The van der Waals surface area contributed by atoms with Gasteiger partial charge in [-0.1, -0.05) is 103 Å². The van der Waals surface area contributed by atoms with E-state index in [1.165, 1.54) is 0 Å². The molecule has 0 saturated heterocycles. The van der Waals surface area contributed by atoms with Crippen LogP contribution >= 0.6 is 0 Å². The van der Waals surface area contributed by atoms with Crippen LogP contribution in [0.15, 0.2) is 103 Å². The molecule has 2 nitrogen and oxygen atoms in total. The largest absolute Gasteiger partial charge is 0.294 e. The lowest BCUT2D eigenvalue weighted by molar-refractivity contribution is 0.0945. The highest BCUT2D eigenvalue weighted by Crippen LogP contribution is 2.29. The van der Waals surface area contributed by atoms with E-state index in [0.29, 0.717) is 18.4 Å². The van der Waals surface area contributed by atoms with E-state index in [-0.39, 0.29) is 17.5 Å². The Morgan fingerprint density at radius 1 is 0.586 bits per heavy atom. The average Bonchev–Trinajstić information content (AvgIpc) is 2.79. The number of Topliss-reactive ketones (excluding diaryl/α,β-unsaturated/α-hetero) is 2. The zero-order valence-electron chi connectivity index (χ0n) is 16.1. The first-order chi connectivity index (χ1) is 14.2. The van der Waals surface area contributed by atoms with Crippen LogP contribution in [-0.4, -0.2) is 11.6 Å². The predicted octanol–water partition coefficient (Wildman–Crippen LogP) is 6.47. The number of carbonyl (C=O) groups is 2.